The van der Waals surface area contributed by atoms with E-state index in [-0.39, 0.29) is 5.97 Å². The standard InChI is InChI=1S/C16H32N2O2/c1-6-17-16(4,15(19)20-5)12-14(3)18-11-9-7-8-10-13(18)2/h13-14,17H,6-12H2,1-5H3. The molecule has 1 saturated heterocycles. The van der Waals surface area contributed by atoms with Crippen molar-refractivity contribution in [1.82, 2.24) is 10.2 Å². The molecule has 0 saturated carbocycles. The Morgan fingerprint density at radius 3 is 2.75 bits per heavy atom. The summed E-state index contributed by atoms with van der Waals surface area (Å²) < 4.78 is 4.99. The van der Waals surface area contributed by atoms with Gasteiger partial charge in [-0.1, -0.05) is 19.8 Å². The molecule has 3 unspecified atom stereocenters. The summed E-state index contributed by atoms with van der Waals surface area (Å²) in [6.07, 6.45) is 5.98. The Hall–Kier alpha value is -0.610. The third-order valence-electron chi connectivity index (χ3n) is 4.58. The number of esters is 1. The van der Waals surface area contributed by atoms with Crippen LogP contribution in [-0.4, -0.2) is 48.7 Å². The molecule has 0 aromatic carbocycles. The largest absolute Gasteiger partial charge is 0.468 e. The Bertz CT molecular complexity index is 309. The quantitative estimate of drug-likeness (QED) is 0.761. The van der Waals surface area contributed by atoms with E-state index in [1.165, 1.54) is 32.8 Å². The fourth-order valence-corrected chi connectivity index (χ4v) is 3.50. The predicted molar refractivity (Wildman–Crippen MR) is 82.8 cm³/mol. The molecule has 1 N–H and O–H groups in total. The summed E-state index contributed by atoms with van der Waals surface area (Å²) in [4.78, 5) is 14.6. The number of carbonyl (C=O) groups excluding carboxylic acids is 1. The normalized spacial score (nSPS) is 25.6. The lowest BCUT2D eigenvalue weighted by Crippen LogP contribution is -2.54. The van der Waals surface area contributed by atoms with Crippen molar-refractivity contribution in [2.24, 2.45) is 0 Å². The number of nitrogens with zero attached hydrogens (tertiary/aromatic N) is 1. The molecule has 4 heteroatoms. The molecule has 4 nitrogen and oxygen atoms in total. The van der Waals surface area contributed by atoms with Crippen LogP contribution < -0.4 is 5.32 Å². The molecule has 0 aliphatic carbocycles. The van der Waals surface area contributed by atoms with Crippen LogP contribution >= 0.6 is 0 Å². The monoisotopic (exact) mass is 284 g/mol. The summed E-state index contributed by atoms with van der Waals surface area (Å²) in [5, 5.41) is 3.31. The first-order valence-corrected chi connectivity index (χ1v) is 8.03. The molecular formula is C16H32N2O2. The number of hydrogen-bond donors (Lipinski definition) is 1. The maximum Gasteiger partial charge on any atom is 0.325 e. The molecule has 3 atom stereocenters. The fraction of sp³-hybridized carbons (Fsp3) is 0.938. The smallest absolute Gasteiger partial charge is 0.325 e. The molecule has 0 aromatic rings. The van der Waals surface area contributed by atoms with Gasteiger partial charge in [0.1, 0.15) is 5.54 Å². The first kappa shape index (κ1) is 17.4. The number of hydrogen-bond acceptors (Lipinski definition) is 4. The van der Waals surface area contributed by atoms with E-state index in [1.54, 1.807) is 0 Å². The van der Waals surface area contributed by atoms with Crippen molar-refractivity contribution >= 4 is 5.97 Å². The number of carbonyl (C=O) groups is 1. The van der Waals surface area contributed by atoms with Gasteiger partial charge >= 0.3 is 5.97 Å². The highest BCUT2D eigenvalue weighted by Crippen LogP contribution is 2.24. The van der Waals surface area contributed by atoms with Gasteiger partial charge in [0.15, 0.2) is 0 Å². The van der Waals surface area contributed by atoms with Gasteiger partial charge in [0.2, 0.25) is 0 Å². The van der Waals surface area contributed by atoms with Crippen LogP contribution in [-0.2, 0) is 9.53 Å². The summed E-state index contributed by atoms with van der Waals surface area (Å²) in [7, 11) is 1.47. The minimum Gasteiger partial charge on any atom is -0.468 e. The van der Waals surface area contributed by atoms with Crippen LogP contribution in [0.4, 0.5) is 0 Å². The van der Waals surface area contributed by atoms with Gasteiger partial charge in [-0.2, -0.15) is 0 Å². The van der Waals surface area contributed by atoms with Crippen LogP contribution in [0.3, 0.4) is 0 Å². The zero-order valence-electron chi connectivity index (χ0n) is 13.9. The SMILES string of the molecule is CCNC(C)(CC(C)N1CCCCCC1C)C(=O)OC. The van der Waals surface area contributed by atoms with E-state index in [0.29, 0.717) is 12.1 Å². The van der Waals surface area contributed by atoms with E-state index in [4.69, 9.17) is 4.74 Å². The zero-order chi connectivity index (χ0) is 15.2. The molecular weight excluding hydrogens is 252 g/mol. The highest BCUT2D eigenvalue weighted by Gasteiger charge is 2.37. The molecule has 0 bridgehead atoms. The minimum absolute atomic E-state index is 0.159. The van der Waals surface area contributed by atoms with Crippen molar-refractivity contribution in [3.63, 3.8) is 0 Å². The molecule has 0 amide bonds. The Morgan fingerprint density at radius 1 is 1.45 bits per heavy atom. The van der Waals surface area contributed by atoms with E-state index >= 15 is 0 Å². The van der Waals surface area contributed by atoms with Crippen LogP contribution in [0.25, 0.3) is 0 Å². The summed E-state index contributed by atoms with van der Waals surface area (Å²) in [6.45, 7) is 10.5. The number of rotatable bonds is 6. The van der Waals surface area contributed by atoms with Crippen molar-refractivity contribution in [2.45, 2.75) is 77.4 Å². The first-order valence-electron chi connectivity index (χ1n) is 8.03. The first-order chi connectivity index (χ1) is 9.44. The van der Waals surface area contributed by atoms with Crippen LogP contribution in [0.5, 0.6) is 0 Å². The van der Waals surface area contributed by atoms with Gasteiger partial charge in [-0.25, -0.2) is 0 Å². The second-order valence-electron chi connectivity index (χ2n) is 6.34. The van der Waals surface area contributed by atoms with Crippen LogP contribution in [0.2, 0.25) is 0 Å². The van der Waals surface area contributed by atoms with Gasteiger partial charge in [0, 0.05) is 12.1 Å². The van der Waals surface area contributed by atoms with E-state index < -0.39 is 5.54 Å². The third kappa shape index (κ3) is 4.45. The van der Waals surface area contributed by atoms with Gasteiger partial charge < -0.3 is 10.1 Å². The predicted octanol–water partition coefficient (Wildman–Crippen LogP) is 2.57. The van der Waals surface area contributed by atoms with Gasteiger partial charge in [-0.15, -0.1) is 0 Å². The highest BCUT2D eigenvalue weighted by atomic mass is 16.5. The average Bonchev–Trinajstić information content (AvgIpc) is 2.62. The lowest BCUT2D eigenvalue weighted by molar-refractivity contribution is -0.148. The minimum atomic E-state index is -0.588. The van der Waals surface area contributed by atoms with Crippen LogP contribution in [0.15, 0.2) is 0 Å². The Labute approximate surface area is 124 Å². The summed E-state index contributed by atoms with van der Waals surface area (Å²) >= 11 is 0. The molecule has 1 aliphatic rings. The fourth-order valence-electron chi connectivity index (χ4n) is 3.50. The second-order valence-corrected chi connectivity index (χ2v) is 6.34. The molecule has 20 heavy (non-hydrogen) atoms. The molecule has 118 valence electrons. The Morgan fingerprint density at radius 2 is 2.15 bits per heavy atom. The van der Waals surface area contributed by atoms with Crippen molar-refractivity contribution in [3.8, 4) is 0 Å². The number of nitrogens with one attached hydrogen (secondary N) is 1. The molecule has 1 fully saturated rings. The van der Waals surface area contributed by atoms with E-state index in [2.05, 4.69) is 24.1 Å². The van der Waals surface area contributed by atoms with Gasteiger partial charge in [-0.05, 0) is 53.1 Å². The van der Waals surface area contributed by atoms with Crippen molar-refractivity contribution < 1.29 is 9.53 Å². The van der Waals surface area contributed by atoms with Crippen molar-refractivity contribution in [3.05, 3.63) is 0 Å². The Kier molecular flexibility index (Phi) is 6.96. The summed E-state index contributed by atoms with van der Waals surface area (Å²) in [5.41, 5.74) is -0.588. The van der Waals surface area contributed by atoms with Crippen LogP contribution in [0, 0.1) is 0 Å². The lowest BCUT2D eigenvalue weighted by Gasteiger charge is -2.38. The van der Waals surface area contributed by atoms with E-state index in [0.717, 1.165) is 19.5 Å². The average molecular weight is 284 g/mol. The summed E-state index contributed by atoms with van der Waals surface area (Å²) in [5.74, 6) is -0.159. The maximum atomic E-state index is 12.1. The van der Waals surface area contributed by atoms with Crippen LogP contribution in [0.1, 0.15) is 59.8 Å². The maximum absolute atomic E-state index is 12.1. The lowest BCUT2D eigenvalue weighted by atomic mass is 9.92. The highest BCUT2D eigenvalue weighted by molar-refractivity contribution is 5.80. The van der Waals surface area contributed by atoms with Crippen molar-refractivity contribution in [2.75, 3.05) is 20.2 Å². The number of ether oxygens (including phenoxy) is 1. The van der Waals surface area contributed by atoms with E-state index in [9.17, 15) is 4.79 Å². The van der Waals surface area contributed by atoms with Crippen molar-refractivity contribution in [1.29, 1.82) is 0 Å². The topological polar surface area (TPSA) is 41.6 Å². The third-order valence-corrected chi connectivity index (χ3v) is 4.58. The number of likely N-dealkylation sites (tertiary alicyclic amines) is 1. The van der Waals surface area contributed by atoms with Gasteiger partial charge in [-0.3, -0.25) is 9.69 Å². The summed E-state index contributed by atoms with van der Waals surface area (Å²) in [6, 6.07) is 0.988. The molecule has 1 aliphatic heterocycles. The molecule has 1 rings (SSSR count). The molecule has 0 aromatic heterocycles. The van der Waals surface area contributed by atoms with E-state index in [1.807, 2.05) is 13.8 Å². The number of likely N-dealkylation sites (N-methyl/N-ethyl adjacent to an activating group) is 1. The molecule has 0 radical (unpaired) electrons. The van der Waals surface area contributed by atoms with Gasteiger partial charge in [0.25, 0.3) is 0 Å². The Balaban J connectivity index is 2.73. The molecule has 1 heterocycles. The number of methoxy groups -OCH3 is 1. The molecule has 0 spiro atoms. The second kappa shape index (κ2) is 7.99. The van der Waals surface area contributed by atoms with Gasteiger partial charge in [0.05, 0.1) is 7.11 Å². The zero-order valence-corrected chi connectivity index (χ0v) is 13.9.